The summed E-state index contributed by atoms with van der Waals surface area (Å²) in [7, 11) is 0. The number of halogens is 1. The van der Waals surface area contributed by atoms with E-state index < -0.39 is 0 Å². The van der Waals surface area contributed by atoms with Crippen LogP contribution in [0.15, 0.2) is 30.3 Å². The van der Waals surface area contributed by atoms with Crippen molar-refractivity contribution in [1.82, 2.24) is 0 Å². The number of hydrogen-bond acceptors (Lipinski definition) is 2. The van der Waals surface area contributed by atoms with Gasteiger partial charge in [0, 0.05) is 23.9 Å². The van der Waals surface area contributed by atoms with Crippen LogP contribution in [0, 0.1) is 0 Å². The van der Waals surface area contributed by atoms with E-state index in [-0.39, 0.29) is 5.78 Å². The number of carbonyl (C=O) groups excluding carboxylic acids is 1. The summed E-state index contributed by atoms with van der Waals surface area (Å²) in [5, 5.41) is 0.944. The molecule has 0 radical (unpaired) electrons. The van der Waals surface area contributed by atoms with Crippen molar-refractivity contribution in [2.24, 2.45) is 0 Å². The van der Waals surface area contributed by atoms with Gasteiger partial charge in [-0.2, -0.15) is 0 Å². The second-order valence-electron chi connectivity index (χ2n) is 3.19. The summed E-state index contributed by atoms with van der Waals surface area (Å²) in [6.07, 6.45) is 1.45. The fraction of sp³-hybridized carbons (Fsp3) is 0.417. The molecule has 0 bridgehead atoms. The topological polar surface area (TPSA) is 26.3 Å². The van der Waals surface area contributed by atoms with Crippen molar-refractivity contribution >= 4 is 21.7 Å². The van der Waals surface area contributed by atoms with Crippen LogP contribution in [0.5, 0.6) is 0 Å². The summed E-state index contributed by atoms with van der Waals surface area (Å²) in [5.41, 5.74) is 0.765. The molecule has 1 aromatic carbocycles. The lowest BCUT2D eigenvalue weighted by Gasteiger charge is -2.02. The number of ether oxygens (including phenoxy) is 1. The Hall–Kier alpha value is -0.670. The van der Waals surface area contributed by atoms with Gasteiger partial charge in [-0.3, -0.25) is 4.79 Å². The first-order valence-corrected chi connectivity index (χ1v) is 6.18. The second-order valence-corrected chi connectivity index (χ2v) is 3.99. The molecule has 3 heteroatoms. The smallest absolute Gasteiger partial charge is 0.165 e. The minimum absolute atomic E-state index is 0.148. The van der Waals surface area contributed by atoms with E-state index in [4.69, 9.17) is 4.74 Å². The van der Waals surface area contributed by atoms with Crippen LogP contribution in [-0.4, -0.2) is 24.3 Å². The van der Waals surface area contributed by atoms with E-state index in [0.717, 1.165) is 17.3 Å². The molecule has 15 heavy (non-hydrogen) atoms. The number of benzene rings is 1. The fourth-order valence-electron chi connectivity index (χ4n) is 1.19. The molecule has 1 rings (SSSR count). The molecule has 1 aromatic rings. The van der Waals surface area contributed by atoms with E-state index in [1.807, 2.05) is 30.3 Å². The third-order valence-electron chi connectivity index (χ3n) is 1.99. The van der Waals surface area contributed by atoms with Crippen LogP contribution in [0.3, 0.4) is 0 Å². The monoisotopic (exact) mass is 270 g/mol. The first-order chi connectivity index (χ1) is 7.34. The highest BCUT2D eigenvalue weighted by Crippen LogP contribution is 2.03. The molecule has 0 aromatic heterocycles. The molecule has 0 atom stereocenters. The summed E-state index contributed by atoms with van der Waals surface area (Å²) >= 11 is 3.32. The van der Waals surface area contributed by atoms with Gasteiger partial charge < -0.3 is 4.74 Å². The second kappa shape index (κ2) is 7.60. The average Bonchev–Trinajstić information content (AvgIpc) is 2.30. The SMILES string of the molecule is O=C(CCOCCCBr)c1ccccc1. The van der Waals surface area contributed by atoms with Crippen molar-refractivity contribution in [3.05, 3.63) is 35.9 Å². The molecule has 0 saturated carbocycles. The minimum Gasteiger partial charge on any atom is -0.381 e. The Morgan fingerprint density at radius 1 is 1.20 bits per heavy atom. The van der Waals surface area contributed by atoms with Crippen molar-refractivity contribution in [2.45, 2.75) is 12.8 Å². The largest absolute Gasteiger partial charge is 0.381 e. The summed E-state index contributed by atoms with van der Waals surface area (Å²) < 4.78 is 5.32. The van der Waals surface area contributed by atoms with Gasteiger partial charge >= 0.3 is 0 Å². The predicted octanol–water partition coefficient (Wildman–Crippen LogP) is 3.06. The Bertz CT molecular complexity index is 285. The highest BCUT2D eigenvalue weighted by atomic mass is 79.9. The maximum atomic E-state index is 11.6. The van der Waals surface area contributed by atoms with Gasteiger partial charge in [0.2, 0.25) is 0 Å². The lowest BCUT2D eigenvalue weighted by Crippen LogP contribution is -2.05. The van der Waals surface area contributed by atoms with Crippen LogP contribution in [0.2, 0.25) is 0 Å². The van der Waals surface area contributed by atoms with Crippen LogP contribution < -0.4 is 0 Å². The number of alkyl halides is 1. The molecule has 0 amide bonds. The number of carbonyl (C=O) groups is 1. The normalized spacial score (nSPS) is 10.2. The number of ketones is 1. The van der Waals surface area contributed by atoms with Crippen LogP contribution in [-0.2, 0) is 4.74 Å². The van der Waals surface area contributed by atoms with Crippen LogP contribution in [0.4, 0.5) is 0 Å². The molecule has 0 aliphatic carbocycles. The zero-order valence-corrected chi connectivity index (χ0v) is 10.2. The Balaban J connectivity index is 2.20. The van der Waals surface area contributed by atoms with Gasteiger partial charge in [0.25, 0.3) is 0 Å². The van der Waals surface area contributed by atoms with Crippen molar-refractivity contribution in [3.8, 4) is 0 Å². The maximum Gasteiger partial charge on any atom is 0.165 e. The molecule has 0 aliphatic heterocycles. The highest BCUT2D eigenvalue weighted by molar-refractivity contribution is 9.09. The van der Waals surface area contributed by atoms with Crippen LogP contribution in [0.1, 0.15) is 23.2 Å². The molecule has 0 heterocycles. The molecule has 0 N–H and O–H groups in total. The minimum atomic E-state index is 0.148. The molecule has 2 nitrogen and oxygen atoms in total. The summed E-state index contributed by atoms with van der Waals surface area (Å²) in [6.45, 7) is 1.23. The molecule has 0 aliphatic rings. The summed E-state index contributed by atoms with van der Waals surface area (Å²) in [6, 6.07) is 9.32. The van der Waals surface area contributed by atoms with E-state index >= 15 is 0 Å². The van der Waals surface area contributed by atoms with Gasteiger partial charge in [0.1, 0.15) is 0 Å². The predicted molar refractivity (Wildman–Crippen MR) is 64.6 cm³/mol. The van der Waals surface area contributed by atoms with E-state index in [1.54, 1.807) is 0 Å². The van der Waals surface area contributed by atoms with E-state index in [9.17, 15) is 4.79 Å². The molecule has 0 spiro atoms. The van der Waals surface area contributed by atoms with Gasteiger partial charge in [-0.25, -0.2) is 0 Å². The summed E-state index contributed by atoms with van der Waals surface area (Å²) in [4.78, 5) is 11.6. The van der Waals surface area contributed by atoms with Crippen molar-refractivity contribution in [1.29, 1.82) is 0 Å². The third-order valence-corrected chi connectivity index (χ3v) is 2.55. The number of rotatable bonds is 7. The molecule has 0 unspecified atom stereocenters. The quantitative estimate of drug-likeness (QED) is 0.433. The molecular weight excluding hydrogens is 256 g/mol. The molecule has 0 saturated heterocycles. The lowest BCUT2D eigenvalue weighted by atomic mass is 10.1. The van der Waals surface area contributed by atoms with Crippen LogP contribution >= 0.6 is 15.9 Å². The lowest BCUT2D eigenvalue weighted by molar-refractivity contribution is 0.0880. The average molecular weight is 271 g/mol. The van der Waals surface area contributed by atoms with Gasteiger partial charge in [0.05, 0.1) is 6.61 Å². The Morgan fingerprint density at radius 3 is 2.60 bits per heavy atom. The van der Waals surface area contributed by atoms with Gasteiger partial charge in [-0.05, 0) is 6.42 Å². The number of hydrogen-bond donors (Lipinski definition) is 0. The third kappa shape index (κ3) is 5.09. The Kier molecular flexibility index (Phi) is 6.28. The molecular formula is C12H15BrO2. The van der Waals surface area contributed by atoms with Crippen molar-refractivity contribution in [2.75, 3.05) is 18.5 Å². The fourth-order valence-corrected chi connectivity index (χ4v) is 1.42. The van der Waals surface area contributed by atoms with Crippen molar-refractivity contribution < 1.29 is 9.53 Å². The highest BCUT2D eigenvalue weighted by Gasteiger charge is 2.03. The summed E-state index contributed by atoms with van der Waals surface area (Å²) in [5.74, 6) is 0.148. The van der Waals surface area contributed by atoms with E-state index in [1.165, 1.54) is 0 Å². The van der Waals surface area contributed by atoms with Gasteiger partial charge in [-0.15, -0.1) is 0 Å². The maximum absolute atomic E-state index is 11.6. The first kappa shape index (κ1) is 12.4. The molecule has 0 fully saturated rings. The first-order valence-electron chi connectivity index (χ1n) is 5.06. The zero-order valence-electron chi connectivity index (χ0n) is 8.62. The number of Topliss-reactive ketones (excluding diaryl/α,β-unsaturated/α-hetero) is 1. The van der Waals surface area contributed by atoms with Crippen molar-refractivity contribution in [3.63, 3.8) is 0 Å². The Morgan fingerprint density at radius 2 is 1.93 bits per heavy atom. The van der Waals surface area contributed by atoms with Crippen LogP contribution in [0.25, 0.3) is 0 Å². The van der Waals surface area contributed by atoms with E-state index in [2.05, 4.69) is 15.9 Å². The standard InChI is InChI=1S/C12H15BrO2/c13-8-4-9-15-10-7-12(14)11-5-2-1-3-6-11/h1-3,5-6H,4,7-10H2. The van der Waals surface area contributed by atoms with Gasteiger partial charge in [-0.1, -0.05) is 46.3 Å². The zero-order chi connectivity index (χ0) is 10.9. The molecule has 82 valence electrons. The van der Waals surface area contributed by atoms with E-state index in [0.29, 0.717) is 19.6 Å². The van der Waals surface area contributed by atoms with Gasteiger partial charge in [0.15, 0.2) is 5.78 Å². The Labute approximate surface area is 98.8 Å².